The van der Waals surface area contributed by atoms with Gasteiger partial charge in [0.15, 0.2) is 0 Å². The van der Waals surface area contributed by atoms with Crippen molar-refractivity contribution in [3.63, 3.8) is 0 Å². The van der Waals surface area contributed by atoms with Crippen LogP contribution in [0, 0.1) is 16.7 Å². The summed E-state index contributed by atoms with van der Waals surface area (Å²) >= 11 is 0. The van der Waals surface area contributed by atoms with Crippen molar-refractivity contribution in [1.82, 2.24) is 0 Å². The molecule has 1 heterocycles. The fourth-order valence-electron chi connectivity index (χ4n) is 2.72. The van der Waals surface area contributed by atoms with E-state index in [-0.39, 0.29) is 5.60 Å². The lowest BCUT2D eigenvalue weighted by atomic mass is 9.65. The second kappa shape index (κ2) is 2.99. The first-order valence-electron chi connectivity index (χ1n) is 5.23. The van der Waals surface area contributed by atoms with E-state index in [1.54, 1.807) is 0 Å². The summed E-state index contributed by atoms with van der Waals surface area (Å²) in [6.45, 7) is 3.24. The summed E-state index contributed by atoms with van der Waals surface area (Å²) in [4.78, 5) is 0. The molecule has 13 heavy (non-hydrogen) atoms. The minimum atomic E-state index is 0.183. The van der Waals surface area contributed by atoms with Crippen LogP contribution in [0.4, 0.5) is 0 Å². The van der Waals surface area contributed by atoms with Gasteiger partial charge in [0.05, 0.1) is 18.3 Å². The van der Waals surface area contributed by atoms with Crippen molar-refractivity contribution in [2.24, 2.45) is 5.41 Å². The average molecular weight is 179 g/mol. The molecule has 2 heteroatoms. The smallest absolute Gasteiger partial charge is 0.0970 e. The molecule has 2 fully saturated rings. The van der Waals surface area contributed by atoms with Gasteiger partial charge in [0.2, 0.25) is 0 Å². The Morgan fingerprint density at radius 3 is 2.69 bits per heavy atom. The van der Waals surface area contributed by atoms with Crippen LogP contribution in [0.25, 0.3) is 0 Å². The number of nitrogens with zero attached hydrogens (tertiary/aromatic N) is 1. The highest BCUT2D eigenvalue weighted by Crippen LogP contribution is 2.56. The third kappa shape index (κ3) is 1.36. The molecule has 0 radical (unpaired) electrons. The van der Waals surface area contributed by atoms with Crippen LogP contribution >= 0.6 is 0 Å². The van der Waals surface area contributed by atoms with Crippen LogP contribution in [0.2, 0.25) is 0 Å². The van der Waals surface area contributed by atoms with E-state index in [9.17, 15) is 0 Å². The highest BCUT2D eigenvalue weighted by atomic mass is 16.6. The summed E-state index contributed by atoms with van der Waals surface area (Å²) in [5, 5.41) is 8.61. The SMILES string of the molecule is CC1(CCC#N)CCCCC12CO2. The first-order valence-corrected chi connectivity index (χ1v) is 5.23. The standard InChI is InChI=1S/C11H17NO/c1-10(6-4-8-12)5-2-3-7-11(10)9-13-11/h2-7,9H2,1H3. The van der Waals surface area contributed by atoms with Crippen LogP contribution < -0.4 is 0 Å². The predicted molar refractivity (Wildman–Crippen MR) is 50.1 cm³/mol. The zero-order chi connectivity index (χ0) is 9.36. The van der Waals surface area contributed by atoms with Crippen LogP contribution in [-0.2, 0) is 4.74 Å². The molecule has 1 aliphatic heterocycles. The highest BCUT2D eigenvalue weighted by molar-refractivity contribution is 5.08. The minimum Gasteiger partial charge on any atom is -0.369 e. The third-order valence-electron chi connectivity index (χ3n) is 3.94. The molecule has 0 aromatic carbocycles. The number of ether oxygens (including phenoxy) is 1. The average Bonchev–Trinajstić information content (AvgIpc) is 2.89. The van der Waals surface area contributed by atoms with E-state index in [4.69, 9.17) is 10.00 Å². The van der Waals surface area contributed by atoms with E-state index in [1.165, 1.54) is 25.7 Å². The molecule has 72 valence electrons. The number of hydrogen-bond donors (Lipinski definition) is 0. The molecule has 2 rings (SSSR count). The van der Waals surface area contributed by atoms with Crippen molar-refractivity contribution in [3.8, 4) is 6.07 Å². The maximum absolute atomic E-state index is 8.61. The molecule has 1 saturated heterocycles. The van der Waals surface area contributed by atoms with Gasteiger partial charge < -0.3 is 4.74 Å². The number of nitriles is 1. The summed E-state index contributed by atoms with van der Waals surface area (Å²) in [7, 11) is 0. The van der Waals surface area contributed by atoms with Crippen LogP contribution in [0.15, 0.2) is 0 Å². The first-order chi connectivity index (χ1) is 6.22. The fourth-order valence-corrected chi connectivity index (χ4v) is 2.72. The summed E-state index contributed by atoms with van der Waals surface area (Å²) in [6.07, 6.45) is 6.78. The molecule has 1 aliphatic carbocycles. The van der Waals surface area contributed by atoms with Crippen molar-refractivity contribution in [2.75, 3.05) is 6.61 Å². The summed E-state index contributed by atoms with van der Waals surface area (Å²) in [5.41, 5.74) is 0.475. The minimum absolute atomic E-state index is 0.183. The first kappa shape index (κ1) is 9.02. The summed E-state index contributed by atoms with van der Waals surface area (Å²) in [6, 6.07) is 2.25. The fraction of sp³-hybridized carbons (Fsp3) is 0.909. The Balaban J connectivity index is 2.05. The van der Waals surface area contributed by atoms with E-state index in [0.717, 1.165) is 13.0 Å². The molecule has 0 bridgehead atoms. The Bertz CT molecular complexity index is 239. The molecule has 2 nitrogen and oxygen atoms in total. The molecule has 0 amide bonds. The Kier molecular flexibility index (Phi) is 2.08. The van der Waals surface area contributed by atoms with E-state index >= 15 is 0 Å². The van der Waals surface area contributed by atoms with Gasteiger partial charge in [-0.1, -0.05) is 19.8 Å². The van der Waals surface area contributed by atoms with E-state index < -0.39 is 0 Å². The van der Waals surface area contributed by atoms with Gasteiger partial charge in [-0.05, 0) is 24.7 Å². The molecule has 0 aromatic heterocycles. The van der Waals surface area contributed by atoms with Gasteiger partial charge in [0.1, 0.15) is 0 Å². The van der Waals surface area contributed by atoms with Gasteiger partial charge >= 0.3 is 0 Å². The van der Waals surface area contributed by atoms with Crippen molar-refractivity contribution >= 4 is 0 Å². The molecule has 2 atom stereocenters. The van der Waals surface area contributed by atoms with Gasteiger partial charge in [-0.3, -0.25) is 0 Å². The molecular weight excluding hydrogens is 162 g/mol. The summed E-state index contributed by atoms with van der Waals surface area (Å²) in [5.74, 6) is 0. The Labute approximate surface area is 79.9 Å². The van der Waals surface area contributed by atoms with Gasteiger partial charge in [-0.2, -0.15) is 5.26 Å². The molecule has 2 unspecified atom stereocenters. The molecule has 0 N–H and O–H groups in total. The molecule has 1 saturated carbocycles. The lowest BCUT2D eigenvalue weighted by Crippen LogP contribution is -2.38. The van der Waals surface area contributed by atoms with Crippen LogP contribution in [-0.4, -0.2) is 12.2 Å². The predicted octanol–water partition coefficient (Wildman–Crippen LogP) is 2.64. The van der Waals surface area contributed by atoms with Crippen molar-refractivity contribution in [1.29, 1.82) is 5.26 Å². The number of epoxide rings is 1. The largest absolute Gasteiger partial charge is 0.369 e. The van der Waals surface area contributed by atoms with E-state index in [0.29, 0.717) is 11.8 Å². The normalized spacial score (nSPS) is 43.1. The lowest BCUT2D eigenvalue weighted by Gasteiger charge is -2.39. The van der Waals surface area contributed by atoms with E-state index in [2.05, 4.69) is 13.0 Å². The Hall–Kier alpha value is -0.550. The van der Waals surface area contributed by atoms with Crippen LogP contribution in [0.1, 0.15) is 45.4 Å². The van der Waals surface area contributed by atoms with Crippen molar-refractivity contribution in [2.45, 2.75) is 51.0 Å². The maximum atomic E-state index is 8.61. The summed E-state index contributed by atoms with van der Waals surface area (Å²) < 4.78 is 5.64. The van der Waals surface area contributed by atoms with Crippen LogP contribution in [0.5, 0.6) is 0 Å². The monoisotopic (exact) mass is 179 g/mol. The second-order valence-electron chi connectivity index (χ2n) is 4.71. The highest BCUT2D eigenvalue weighted by Gasteiger charge is 2.58. The zero-order valence-electron chi connectivity index (χ0n) is 8.31. The topological polar surface area (TPSA) is 36.3 Å². The van der Waals surface area contributed by atoms with Gasteiger partial charge in [-0.15, -0.1) is 0 Å². The zero-order valence-corrected chi connectivity index (χ0v) is 8.31. The Morgan fingerprint density at radius 1 is 1.38 bits per heavy atom. The number of hydrogen-bond acceptors (Lipinski definition) is 2. The molecule has 0 aromatic rings. The van der Waals surface area contributed by atoms with Crippen molar-refractivity contribution in [3.05, 3.63) is 0 Å². The number of rotatable bonds is 2. The molecular formula is C11H17NO. The quantitative estimate of drug-likeness (QED) is 0.611. The van der Waals surface area contributed by atoms with Gasteiger partial charge in [0.25, 0.3) is 0 Å². The van der Waals surface area contributed by atoms with Gasteiger partial charge in [0, 0.05) is 6.42 Å². The van der Waals surface area contributed by atoms with Crippen molar-refractivity contribution < 1.29 is 4.74 Å². The molecule has 2 aliphatic rings. The molecule has 1 spiro atoms. The second-order valence-corrected chi connectivity index (χ2v) is 4.71. The van der Waals surface area contributed by atoms with E-state index in [1.807, 2.05) is 0 Å². The Morgan fingerprint density at radius 2 is 2.08 bits per heavy atom. The van der Waals surface area contributed by atoms with Crippen LogP contribution in [0.3, 0.4) is 0 Å². The third-order valence-corrected chi connectivity index (χ3v) is 3.94. The lowest BCUT2D eigenvalue weighted by molar-refractivity contribution is 0.0608. The maximum Gasteiger partial charge on any atom is 0.0970 e. The van der Waals surface area contributed by atoms with Gasteiger partial charge in [-0.25, -0.2) is 0 Å².